The number of ether oxygens (including phenoxy) is 1. The zero-order chi connectivity index (χ0) is 21.0. The van der Waals surface area contributed by atoms with Gasteiger partial charge < -0.3 is 15.2 Å². The molecule has 2 aromatic carbocycles. The van der Waals surface area contributed by atoms with Crippen LogP contribution in [0.1, 0.15) is 11.1 Å². The van der Waals surface area contributed by atoms with Crippen molar-refractivity contribution < 1.29 is 14.6 Å². The molecule has 4 rings (SSSR count). The molecule has 0 saturated carbocycles. The number of hydrogen-bond acceptors (Lipinski definition) is 5. The molecule has 0 bridgehead atoms. The third-order valence-electron chi connectivity index (χ3n) is 4.09. The predicted octanol–water partition coefficient (Wildman–Crippen LogP) is 4.82. The average Bonchev–Trinajstić information content (AvgIpc) is 3.13. The number of hydrogen-bond donors (Lipinski definition) is 2. The standard InChI is InChI=1S/C13H13NO.C11H11NO2S/c1-3-7-12(8-4-1)11-15-13-9-5-2-6-10-14-13;13-11(14)8-12-7-3-5-9-4-1-2-6-10(9)15-12/h1-10,14H,11H2;1-6H,7-8H2,(H,13,14). The molecule has 0 aromatic heterocycles. The number of aliphatic carboxylic acids is 1. The van der Waals surface area contributed by atoms with Crippen LogP contribution in [0.2, 0.25) is 0 Å². The summed E-state index contributed by atoms with van der Waals surface area (Å²) in [6.07, 6.45) is 13.6. The highest BCUT2D eigenvalue weighted by Crippen LogP contribution is 2.29. The Morgan fingerprint density at radius 1 is 1.07 bits per heavy atom. The van der Waals surface area contributed by atoms with E-state index in [2.05, 4.69) is 5.32 Å². The van der Waals surface area contributed by atoms with Gasteiger partial charge in [0.25, 0.3) is 0 Å². The van der Waals surface area contributed by atoms with Crippen molar-refractivity contribution >= 4 is 24.0 Å². The fourth-order valence-electron chi connectivity index (χ4n) is 2.69. The second-order valence-electron chi connectivity index (χ2n) is 6.44. The molecule has 2 heterocycles. The number of nitrogens with one attached hydrogen (secondary N) is 1. The Balaban J connectivity index is 0.000000171. The molecule has 0 radical (unpaired) electrons. The lowest BCUT2D eigenvalue weighted by atomic mass is 10.2. The van der Waals surface area contributed by atoms with Gasteiger partial charge in [-0.2, -0.15) is 0 Å². The van der Waals surface area contributed by atoms with Crippen LogP contribution in [-0.4, -0.2) is 28.5 Å². The number of fused-ring (bicyclic) bond motifs is 1. The topological polar surface area (TPSA) is 61.8 Å². The van der Waals surface area contributed by atoms with Gasteiger partial charge in [0, 0.05) is 17.6 Å². The van der Waals surface area contributed by atoms with E-state index < -0.39 is 5.97 Å². The average molecular weight is 421 g/mol. The summed E-state index contributed by atoms with van der Waals surface area (Å²) in [6, 6.07) is 18.1. The molecule has 6 heteroatoms. The smallest absolute Gasteiger partial charge is 0.318 e. The molecule has 2 N–H and O–H groups in total. The van der Waals surface area contributed by atoms with E-state index in [0.717, 1.165) is 21.9 Å². The van der Waals surface area contributed by atoms with E-state index in [9.17, 15) is 4.79 Å². The molecule has 5 nitrogen and oxygen atoms in total. The van der Waals surface area contributed by atoms with Gasteiger partial charge in [-0.1, -0.05) is 72.8 Å². The van der Waals surface area contributed by atoms with Gasteiger partial charge in [-0.05, 0) is 41.3 Å². The Kier molecular flexibility index (Phi) is 8.38. The first-order chi connectivity index (χ1) is 14.7. The number of rotatable bonds is 5. The minimum absolute atomic E-state index is 0.0589. The largest absolute Gasteiger partial charge is 0.480 e. The number of carboxylic acids is 1. The van der Waals surface area contributed by atoms with Crippen molar-refractivity contribution in [3.8, 4) is 0 Å². The summed E-state index contributed by atoms with van der Waals surface area (Å²) < 4.78 is 7.42. The van der Waals surface area contributed by atoms with Crippen LogP contribution >= 0.6 is 11.9 Å². The van der Waals surface area contributed by atoms with Crippen molar-refractivity contribution in [1.82, 2.24) is 9.62 Å². The van der Waals surface area contributed by atoms with Gasteiger partial charge in [-0.15, -0.1) is 0 Å². The number of carbonyl (C=O) groups is 1. The van der Waals surface area contributed by atoms with Crippen LogP contribution in [0.4, 0.5) is 0 Å². The van der Waals surface area contributed by atoms with Crippen LogP contribution in [0.3, 0.4) is 0 Å². The Morgan fingerprint density at radius 2 is 1.87 bits per heavy atom. The van der Waals surface area contributed by atoms with Gasteiger partial charge in [0.15, 0.2) is 5.88 Å². The minimum atomic E-state index is -0.796. The second kappa shape index (κ2) is 11.7. The van der Waals surface area contributed by atoms with Crippen molar-refractivity contribution in [3.63, 3.8) is 0 Å². The van der Waals surface area contributed by atoms with Crippen LogP contribution in [0, 0.1) is 0 Å². The van der Waals surface area contributed by atoms with Crippen LogP contribution in [-0.2, 0) is 16.1 Å². The van der Waals surface area contributed by atoms with E-state index in [-0.39, 0.29) is 6.54 Å². The maximum Gasteiger partial charge on any atom is 0.318 e. The maximum atomic E-state index is 10.6. The number of benzene rings is 2. The normalized spacial score (nSPS) is 14.9. The molecule has 2 aromatic rings. The van der Waals surface area contributed by atoms with Crippen LogP contribution in [0.15, 0.2) is 102 Å². The molecule has 2 aliphatic rings. The third kappa shape index (κ3) is 7.31. The van der Waals surface area contributed by atoms with E-state index in [0.29, 0.717) is 13.2 Å². The first kappa shape index (κ1) is 21.5. The summed E-state index contributed by atoms with van der Waals surface area (Å²) >= 11 is 1.50. The highest BCUT2D eigenvalue weighted by molar-refractivity contribution is 7.97. The van der Waals surface area contributed by atoms with E-state index in [4.69, 9.17) is 9.84 Å². The van der Waals surface area contributed by atoms with Crippen molar-refractivity contribution in [2.75, 3.05) is 13.1 Å². The van der Waals surface area contributed by atoms with Crippen molar-refractivity contribution in [2.45, 2.75) is 11.5 Å². The lowest BCUT2D eigenvalue weighted by Crippen LogP contribution is -2.23. The molecular formula is C24H24N2O3S. The first-order valence-electron chi connectivity index (χ1n) is 9.58. The fourth-order valence-corrected chi connectivity index (χ4v) is 3.68. The van der Waals surface area contributed by atoms with Crippen molar-refractivity contribution in [2.24, 2.45) is 0 Å². The summed E-state index contributed by atoms with van der Waals surface area (Å²) in [5, 5.41) is 11.8. The first-order valence-corrected chi connectivity index (χ1v) is 10.3. The Hall–Kier alpha value is -3.22. The van der Waals surface area contributed by atoms with Gasteiger partial charge in [0.2, 0.25) is 0 Å². The van der Waals surface area contributed by atoms with Crippen LogP contribution in [0.5, 0.6) is 0 Å². The summed E-state index contributed by atoms with van der Waals surface area (Å²) in [6.45, 7) is 1.30. The molecule has 0 unspecified atom stereocenters. The molecule has 2 aliphatic heterocycles. The zero-order valence-corrected chi connectivity index (χ0v) is 17.3. The predicted molar refractivity (Wildman–Crippen MR) is 121 cm³/mol. The zero-order valence-electron chi connectivity index (χ0n) is 16.5. The van der Waals surface area contributed by atoms with Crippen molar-refractivity contribution in [1.29, 1.82) is 0 Å². The van der Waals surface area contributed by atoms with Gasteiger partial charge >= 0.3 is 5.97 Å². The van der Waals surface area contributed by atoms with Crippen molar-refractivity contribution in [3.05, 3.63) is 108 Å². The van der Waals surface area contributed by atoms with E-state index in [1.807, 2.05) is 102 Å². The van der Waals surface area contributed by atoms with Gasteiger partial charge in [-0.25, -0.2) is 4.31 Å². The lowest BCUT2D eigenvalue weighted by Gasteiger charge is -2.15. The lowest BCUT2D eigenvalue weighted by molar-refractivity contribution is -0.137. The summed E-state index contributed by atoms with van der Waals surface area (Å²) in [4.78, 5) is 11.7. The Labute approximate surface area is 181 Å². The quantitative estimate of drug-likeness (QED) is 0.676. The third-order valence-corrected chi connectivity index (χ3v) is 5.20. The Bertz CT molecular complexity index is 952. The molecule has 154 valence electrons. The molecule has 0 aliphatic carbocycles. The van der Waals surface area contributed by atoms with E-state index in [1.54, 1.807) is 0 Å². The molecule has 0 fully saturated rings. The summed E-state index contributed by atoms with van der Waals surface area (Å²) in [5.41, 5.74) is 2.31. The SMILES string of the molecule is C1=CC=C(OCc2ccccc2)NC=C1.O=C(O)CN1CC=Cc2ccccc2S1. The van der Waals surface area contributed by atoms with E-state index >= 15 is 0 Å². The number of nitrogens with zero attached hydrogens (tertiary/aromatic N) is 1. The highest BCUT2D eigenvalue weighted by Gasteiger charge is 2.13. The number of allylic oxidation sites excluding steroid dienone is 4. The van der Waals surface area contributed by atoms with E-state index in [1.165, 1.54) is 11.9 Å². The fraction of sp³-hybridized carbons (Fsp3) is 0.125. The maximum absolute atomic E-state index is 10.6. The summed E-state index contributed by atoms with van der Waals surface area (Å²) in [7, 11) is 0. The molecular weight excluding hydrogens is 396 g/mol. The van der Waals surface area contributed by atoms with Crippen LogP contribution < -0.4 is 5.32 Å². The molecule has 0 amide bonds. The highest BCUT2D eigenvalue weighted by atomic mass is 32.2. The number of carboxylic acid groups (broad SMARTS) is 1. The molecule has 0 atom stereocenters. The van der Waals surface area contributed by atoms with Gasteiger partial charge in [-0.3, -0.25) is 4.79 Å². The van der Waals surface area contributed by atoms with Gasteiger partial charge in [0.1, 0.15) is 13.2 Å². The molecule has 0 spiro atoms. The minimum Gasteiger partial charge on any atom is -0.480 e. The summed E-state index contributed by atoms with van der Waals surface area (Å²) in [5.74, 6) is -0.0286. The Morgan fingerprint density at radius 3 is 2.70 bits per heavy atom. The molecule has 30 heavy (non-hydrogen) atoms. The molecule has 0 saturated heterocycles. The second-order valence-corrected chi connectivity index (χ2v) is 7.58. The van der Waals surface area contributed by atoms with Gasteiger partial charge in [0.05, 0.1) is 0 Å². The monoisotopic (exact) mass is 420 g/mol. The van der Waals surface area contributed by atoms with Crippen LogP contribution in [0.25, 0.3) is 6.08 Å².